The molecule has 5 nitrogen and oxygen atoms in total. The van der Waals surface area contributed by atoms with E-state index in [1.54, 1.807) is 29.7 Å². The van der Waals surface area contributed by atoms with E-state index in [2.05, 4.69) is 38.1 Å². The Morgan fingerprint density at radius 3 is 2.81 bits per heavy atom. The van der Waals surface area contributed by atoms with Crippen molar-refractivity contribution in [3.8, 4) is 0 Å². The van der Waals surface area contributed by atoms with Crippen molar-refractivity contribution < 1.29 is 5.11 Å². The number of aliphatic imine (C=N–C) groups is 1. The van der Waals surface area contributed by atoms with Gasteiger partial charge < -0.3 is 15.7 Å². The van der Waals surface area contributed by atoms with Gasteiger partial charge in [0.15, 0.2) is 5.96 Å². The average Bonchev–Trinajstić information content (AvgIpc) is 3.23. The number of guanidine groups is 1. The second-order valence-electron chi connectivity index (χ2n) is 5.69. The van der Waals surface area contributed by atoms with Crippen LogP contribution in [0.15, 0.2) is 40.7 Å². The number of hydrogen-bond acceptors (Lipinski definition) is 5. The number of rotatable bonds is 6. The Morgan fingerprint density at radius 1 is 1.31 bits per heavy atom. The molecule has 2 aromatic heterocycles. The Kier molecular flexibility index (Phi) is 8.26. The molecular formula is C18H23IN4OS2. The molecule has 0 aliphatic rings. The minimum atomic E-state index is -0.558. The van der Waals surface area contributed by atoms with Crippen LogP contribution >= 0.6 is 46.7 Å². The van der Waals surface area contributed by atoms with Crippen molar-refractivity contribution in [1.29, 1.82) is 0 Å². The van der Waals surface area contributed by atoms with E-state index in [1.807, 2.05) is 25.1 Å². The van der Waals surface area contributed by atoms with Gasteiger partial charge in [-0.2, -0.15) is 0 Å². The molecule has 2 heterocycles. The summed E-state index contributed by atoms with van der Waals surface area (Å²) in [6.07, 6.45) is 0.293. The van der Waals surface area contributed by atoms with Crippen LogP contribution in [0.1, 0.15) is 21.7 Å². The van der Waals surface area contributed by atoms with Crippen molar-refractivity contribution >= 4 is 62.7 Å². The number of thiazole rings is 1. The maximum absolute atomic E-state index is 10.4. The number of nitrogens with one attached hydrogen (secondary N) is 2. The van der Waals surface area contributed by atoms with Gasteiger partial charge in [0.05, 0.1) is 10.7 Å². The Balaban J connectivity index is 0.00000243. The SMILES string of the molecule is CN=C(NCCc1csc(C)n1)NCC(O)c1cc2ccccc2s1.I. The van der Waals surface area contributed by atoms with Gasteiger partial charge in [-0.25, -0.2) is 4.98 Å². The number of aliphatic hydroxyl groups is 1. The molecule has 1 aromatic carbocycles. The molecule has 0 spiro atoms. The summed E-state index contributed by atoms with van der Waals surface area (Å²) >= 11 is 3.29. The number of benzene rings is 1. The Hall–Kier alpha value is -1.23. The first kappa shape index (κ1) is 21.1. The van der Waals surface area contributed by atoms with Crippen LogP contribution < -0.4 is 10.6 Å². The van der Waals surface area contributed by atoms with Crippen LogP contribution in [0.5, 0.6) is 0 Å². The molecule has 8 heteroatoms. The maximum Gasteiger partial charge on any atom is 0.191 e. The molecule has 0 amide bonds. The van der Waals surface area contributed by atoms with Crippen molar-refractivity contribution in [2.75, 3.05) is 20.1 Å². The number of hydrogen-bond donors (Lipinski definition) is 3. The highest BCUT2D eigenvalue weighted by atomic mass is 127. The molecular weight excluding hydrogens is 479 g/mol. The zero-order chi connectivity index (χ0) is 17.6. The molecule has 26 heavy (non-hydrogen) atoms. The summed E-state index contributed by atoms with van der Waals surface area (Å²) in [7, 11) is 1.73. The second-order valence-corrected chi connectivity index (χ2v) is 7.87. The molecule has 0 aliphatic carbocycles. The zero-order valence-electron chi connectivity index (χ0n) is 14.7. The van der Waals surface area contributed by atoms with E-state index < -0.39 is 6.10 Å². The minimum Gasteiger partial charge on any atom is -0.386 e. The van der Waals surface area contributed by atoms with Crippen LogP contribution in [0.4, 0.5) is 0 Å². The normalized spacial score (nSPS) is 12.7. The predicted octanol–water partition coefficient (Wildman–Crippen LogP) is 3.73. The number of thiophene rings is 1. The highest BCUT2D eigenvalue weighted by molar-refractivity contribution is 14.0. The zero-order valence-corrected chi connectivity index (χ0v) is 18.7. The fraction of sp³-hybridized carbons (Fsp3) is 0.333. The number of halogens is 1. The van der Waals surface area contributed by atoms with E-state index in [-0.39, 0.29) is 24.0 Å². The predicted molar refractivity (Wildman–Crippen MR) is 122 cm³/mol. The molecule has 0 saturated heterocycles. The topological polar surface area (TPSA) is 69.5 Å². The largest absolute Gasteiger partial charge is 0.386 e. The lowest BCUT2D eigenvalue weighted by Crippen LogP contribution is -2.40. The molecule has 0 fully saturated rings. The fourth-order valence-corrected chi connectivity index (χ4v) is 4.21. The quantitative estimate of drug-likeness (QED) is 0.273. The molecule has 1 atom stereocenters. The third-order valence-corrected chi connectivity index (χ3v) is 5.84. The summed E-state index contributed by atoms with van der Waals surface area (Å²) in [5.74, 6) is 0.687. The lowest BCUT2D eigenvalue weighted by molar-refractivity contribution is 0.184. The summed E-state index contributed by atoms with van der Waals surface area (Å²) in [6.45, 7) is 3.18. The number of aromatic nitrogens is 1. The number of aliphatic hydroxyl groups excluding tert-OH is 1. The highest BCUT2D eigenvalue weighted by Crippen LogP contribution is 2.29. The molecule has 3 N–H and O–H groups in total. The van der Waals surface area contributed by atoms with Gasteiger partial charge in [-0.05, 0) is 24.4 Å². The molecule has 0 saturated carbocycles. The Morgan fingerprint density at radius 2 is 2.12 bits per heavy atom. The summed E-state index contributed by atoms with van der Waals surface area (Å²) in [5.41, 5.74) is 1.09. The van der Waals surface area contributed by atoms with Gasteiger partial charge in [0.2, 0.25) is 0 Å². The third kappa shape index (κ3) is 5.63. The molecule has 140 valence electrons. The summed E-state index contributed by atoms with van der Waals surface area (Å²) in [4.78, 5) is 9.61. The standard InChI is InChI=1S/C18H22N4OS2.HI/c1-12-22-14(11-24-12)7-8-20-18(19-2)21-10-15(23)17-9-13-5-3-4-6-16(13)25-17;/h3-6,9,11,15,23H,7-8,10H2,1-2H3,(H2,19,20,21);1H. The first-order chi connectivity index (χ1) is 12.2. The second kappa shape index (κ2) is 10.2. The number of aryl methyl sites for hydroxylation is 1. The van der Waals surface area contributed by atoms with Crippen molar-refractivity contribution in [3.63, 3.8) is 0 Å². The van der Waals surface area contributed by atoms with Gasteiger partial charge in [0.1, 0.15) is 6.10 Å². The number of nitrogens with zero attached hydrogens (tertiary/aromatic N) is 2. The lowest BCUT2D eigenvalue weighted by Gasteiger charge is -2.14. The summed E-state index contributed by atoms with van der Waals surface area (Å²) in [6, 6.07) is 10.2. The fourth-order valence-electron chi connectivity index (χ4n) is 2.51. The van der Waals surface area contributed by atoms with Crippen molar-refractivity contribution in [3.05, 3.63) is 51.3 Å². The van der Waals surface area contributed by atoms with E-state index in [1.165, 1.54) is 10.1 Å². The van der Waals surface area contributed by atoms with Gasteiger partial charge >= 0.3 is 0 Å². The van der Waals surface area contributed by atoms with Crippen LogP contribution in [0.25, 0.3) is 10.1 Å². The van der Waals surface area contributed by atoms with Crippen LogP contribution in [-0.4, -0.2) is 36.2 Å². The molecule has 0 aliphatic heterocycles. The number of fused-ring (bicyclic) bond motifs is 1. The molecule has 0 radical (unpaired) electrons. The lowest BCUT2D eigenvalue weighted by atomic mass is 10.2. The summed E-state index contributed by atoms with van der Waals surface area (Å²) < 4.78 is 1.19. The van der Waals surface area contributed by atoms with Crippen LogP contribution in [-0.2, 0) is 6.42 Å². The maximum atomic E-state index is 10.4. The molecule has 3 aromatic rings. The van der Waals surface area contributed by atoms with Gasteiger partial charge in [-0.1, -0.05) is 18.2 Å². The first-order valence-electron chi connectivity index (χ1n) is 8.18. The Bertz CT molecular complexity index is 829. The minimum absolute atomic E-state index is 0. The van der Waals surface area contributed by atoms with E-state index in [0.717, 1.165) is 28.5 Å². The van der Waals surface area contributed by atoms with Crippen molar-refractivity contribution in [2.24, 2.45) is 4.99 Å². The van der Waals surface area contributed by atoms with E-state index in [9.17, 15) is 5.11 Å². The molecule has 1 unspecified atom stereocenters. The Labute approximate surface area is 178 Å². The van der Waals surface area contributed by atoms with Crippen molar-refractivity contribution in [1.82, 2.24) is 15.6 Å². The highest BCUT2D eigenvalue weighted by Gasteiger charge is 2.12. The first-order valence-corrected chi connectivity index (χ1v) is 9.87. The molecule has 3 rings (SSSR count). The molecule has 0 bridgehead atoms. The summed E-state index contributed by atoms with van der Waals surface area (Å²) in [5, 5.41) is 21.2. The van der Waals surface area contributed by atoms with E-state index >= 15 is 0 Å². The van der Waals surface area contributed by atoms with Crippen LogP contribution in [0, 0.1) is 6.92 Å². The van der Waals surface area contributed by atoms with Crippen LogP contribution in [0.3, 0.4) is 0 Å². The van der Waals surface area contributed by atoms with Gasteiger partial charge in [-0.3, -0.25) is 4.99 Å². The smallest absolute Gasteiger partial charge is 0.191 e. The van der Waals surface area contributed by atoms with Gasteiger partial charge in [0, 0.05) is 41.5 Å². The van der Waals surface area contributed by atoms with Gasteiger partial charge in [0.25, 0.3) is 0 Å². The van der Waals surface area contributed by atoms with E-state index in [4.69, 9.17) is 0 Å². The van der Waals surface area contributed by atoms with Gasteiger partial charge in [-0.15, -0.1) is 46.7 Å². The van der Waals surface area contributed by atoms with Crippen molar-refractivity contribution in [2.45, 2.75) is 19.4 Å². The average molecular weight is 502 g/mol. The monoisotopic (exact) mass is 502 g/mol. The van der Waals surface area contributed by atoms with Crippen LogP contribution in [0.2, 0.25) is 0 Å². The van der Waals surface area contributed by atoms with E-state index in [0.29, 0.717) is 12.5 Å². The third-order valence-electron chi connectivity index (χ3n) is 3.80.